The molecule has 9 nitrogen and oxygen atoms in total. The molecule has 3 heterocycles. The highest BCUT2D eigenvalue weighted by Crippen LogP contribution is 2.22. The van der Waals surface area contributed by atoms with Gasteiger partial charge in [-0.05, 0) is 12.1 Å². The number of aromatic nitrogens is 5. The van der Waals surface area contributed by atoms with Crippen LogP contribution in [0.3, 0.4) is 0 Å². The molecule has 0 saturated heterocycles. The van der Waals surface area contributed by atoms with Gasteiger partial charge >= 0.3 is 6.03 Å². The number of hydrogen-bond donors (Lipinski definition) is 3. The highest BCUT2D eigenvalue weighted by Gasteiger charge is 2.11. The number of nitrogens with zero attached hydrogens (tertiary/aromatic N) is 4. The van der Waals surface area contributed by atoms with Crippen molar-refractivity contribution in [2.24, 2.45) is 0 Å². The Kier molecular flexibility index (Phi) is 4.85. The van der Waals surface area contributed by atoms with Crippen molar-refractivity contribution in [3.05, 3.63) is 29.2 Å². The summed E-state index contributed by atoms with van der Waals surface area (Å²) in [5.41, 5.74) is 0. The Labute approximate surface area is 141 Å². The summed E-state index contributed by atoms with van der Waals surface area (Å²) >= 11 is 1.37. The zero-order valence-electron chi connectivity index (χ0n) is 13.2. The summed E-state index contributed by atoms with van der Waals surface area (Å²) in [5, 5.41) is 21.6. The lowest BCUT2D eigenvalue weighted by Crippen LogP contribution is -2.30. The van der Waals surface area contributed by atoms with Gasteiger partial charge in [0.25, 0.3) is 0 Å². The average Bonchev–Trinajstić information content (AvgIpc) is 3.28. The maximum Gasteiger partial charge on any atom is 0.321 e. The molecule has 3 aromatic rings. The lowest BCUT2D eigenvalue weighted by atomic mass is 10.2. The van der Waals surface area contributed by atoms with Gasteiger partial charge in [-0.15, -0.1) is 10.2 Å². The van der Waals surface area contributed by atoms with E-state index < -0.39 is 0 Å². The van der Waals surface area contributed by atoms with Crippen molar-refractivity contribution >= 4 is 22.5 Å². The van der Waals surface area contributed by atoms with E-state index in [2.05, 4.69) is 36.0 Å². The molecular formula is C14H17N7O2S. The van der Waals surface area contributed by atoms with Crippen LogP contribution >= 0.6 is 11.3 Å². The van der Waals surface area contributed by atoms with Gasteiger partial charge in [0.1, 0.15) is 10.8 Å². The maximum atomic E-state index is 11.8. The number of amides is 2. The molecule has 0 unspecified atom stereocenters. The molecule has 10 heteroatoms. The standard InChI is InChI=1S/C14H17N7O2S/c1-8(2)12-20-21-14(24-12)17-13(22)15-6-5-10-16-11(19-18-10)9-4-3-7-23-9/h3-4,7-8H,5-6H2,1-2H3,(H,16,18,19)(H2,15,17,21,22). The third-order valence-corrected chi connectivity index (χ3v) is 4.21. The predicted molar refractivity (Wildman–Crippen MR) is 88.8 cm³/mol. The molecule has 0 aliphatic carbocycles. The number of carbonyl (C=O) groups excluding carboxylic acids is 1. The number of hydrogen-bond acceptors (Lipinski definition) is 7. The van der Waals surface area contributed by atoms with Crippen molar-refractivity contribution in [3.63, 3.8) is 0 Å². The van der Waals surface area contributed by atoms with Gasteiger partial charge in [-0.3, -0.25) is 10.4 Å². The molecule has 0 spiro atoms. The molecule has 126 valence electrons. The Morgan fingerprint density at radius 2 is 2.29 bits per heavy atom. The van der Waals surface area contributed by atoms with Gasteiger partial charge in [-0.25, -0.2) is 9.78 Å². The van der Waals surface area contributed by atoms with E-state index in [0.717, 1.165) is 5.01 Å². The van der Waals surface area contributed by atoms with Crippen LogP contribution in [0.2, 0.25) is 0 Å². The highest BCUT2D eigenvalue weighted by molar-refractivity contribution is 7.15. The number of furan rings is 1. The van der Waals surface area contributed by atoms with Gasteiger partial charge in [0.15, 0.2) is 5.76 Å². The van der Waals surface area contributed by atoms with Crippen LogP contribution in [0.5, 0.6) is 0 Å². The minimum Gasteiger partial charge on any atom is -0.461 e. The summed E-state index contributed by atoms with van der Waals surface area (Å²) in [6, 6.07) is 3.23. The Morgan fingerprint density at radius 1 is 1.42 bits per heavy atom. The molecule has 3 rings (SSSR count). The monoisotopic (exact) mass is 347 g/mol. The van der Waals surface area contributed by atoms with E-state index >= 15 is 0 Å². The molecule has 0 aliphatic rings. The molecule has 0 radical (unpaired) electrons. The molecule has 0 atom stereocenters. The van der Waals surface area contributed by atoms with Gasteiger partial charge in [0.2, 0.25) is 11.0 Å². The van der Waals surface area contributed by atoms with Crippen molar-refractivity contribution in [2.75, 3.05) is 11.9 Å². The van der Waals surface area contributed by atoms with Gasteiger partial charge in [-0.1, -0.05) is 25.2 Å². The number of urea groups is 1. The van der Waals surface area contributed by atoms with Crippen molar-refractivity contribution < 1.29 is 9.21 Å². The van der Waals surface area contributed by atoms with Gasteiger partial charge in [0.05, 0.1) is 6.26 Å². The quantitative estimate of drug-likeness (QED) is 0.629. The topological polar surface area (TPSA) is 122 Å². The number of nitrogens with one attached hydrogen (secondary N) is 3. The van der Waals surface area contributed by atoms with Crippen LogP contribution < -0.4 is 10.6 Å². The van der Waals surface area contributed by atoms with E-state index in [1.54, 1.807) is 18.4 Å². The van der Waals surface area contributed by atoms with Crippen LogP contribution in [0.4, 0.5) is 9.93 Å². The largest absolute Gasteiger partial charge is 0.461 e. The van der Waals surface area contributed by atoms with Gasteiger partial charge < -0.3 is 9.73 Å². The fourth-order valence-electron chi connectivity index (χ4n) is 1.88. The first-order chi connectivity index (χ1) is 11.6. The first kappa shape index (κ1) is 16.1. The predicted octanol–water partition coefficient (Wildman–Crippen LogP) is 2.40. The second-order valence-corrected chi connectivity index (χ2v) is 6.32. The molecule has 3 aromatic heterocycles. The average molecular weight is 347 g/mol. The summed E-state index contributed by atoms with van der Waals surface area (Å²) in [4.78, 5) is 16.1. The number of anilines is 1. The van der Waals surface area contributed by atoms with Crippen molar-refractivity contribution in [2.45, 2.75) is 26.2 Å². The van der Waals surface area contributed by atoms with Crippen molar-refractivity contribution in [3.8, 4) is 11.6 Å². The van der Waals surface area contributed by atoms with Crippen LogP contribution in [0.15, 0.2) is 22.8 Å². The molecule has 3 N–H and O–H groups in total. The lowest BCUT2D eigenvalue weighted by Gasteiger charge is -2.03. The van der Waals surface area contributed by atoms with Gasteiger partial charge in [0, 0.05) is 18.9 Å². The van der Waals surface area contributed by atoms with E-state index in [-0.39, 0.29) is 11.9 Å². The zero-order chi connectivity index (χ0) is 16.9. The smallest absolute Gasteiger partial charge is 0.321 e. The maximum absolute atomic E-state index is 11.8. The molecule has 0 aliphatic heterocycles. The van der Waals surface area contributed by atoms with Gasteiger partial charge in [-0.2, -0.15) is 5.10 Å². The Morgan fingerprint density at radius 3 is 3.00 bits per heavy atom. The summed E-state index contributed by atoms with van der Waals surface area (Å²) < 4.78 is 5.22. The van der Waals surface area contributed by atoms with E-state index in [0.29, 0.717) is 35.5 Å². The second-order valence-electron chi connectivity index (χ2n) is 5.31. The first-order valence-electron chi connectivity index (χ1n) is 7.45. The summed E-state index contributed by atoms with van der Waals surface area (Å²) in [5.74, 6) is 2.05. The minimum absolute atomic E-state index is 0.288. The lowest BCUT2D eigenvalue weighted by molar-refractivity contribution is 0.252. The van der Waals surface area contributed by atoms with Crippen LogP contribution in [-0.4, -0.2) is 38.0 Å². The number of H-pyrrole nitrogens is 1. The van der Waals surface area contributed by atoms with Crippen LogP contribution in [0.1, 0.15) is 30.6 Å². The first-order valence-corrected chi connectivity index (χ1v) is 8.27. The number of rotatable bonds is 6. The molecular weight excluding hydrogens is 330 g/mol. The molecule has 0 aromatic carbocycles. The summed E-state index contributed by atoms with van der Waals surface area (Å²) in [6.45, 7) is 4.46. The molecule has 0 saturated carbocycles. The van der Waals surface area contributed by atoms with E-state index in [1.165, 1.54) is 11.3 Å². The highest BCUT2D eigenvalue weighted by atomic mass is 32.1. The molecule has 0 bridgehead atoms. The summed E-state index contributed by atoms with van der Waals surface area (Å²) in [6.07, 6.45) is 2.09. The van der Waals surface area contributed by atoms with Crippen molar-refractivity contribution in [1.82, 2.24) is 30.7 Å². The molecule has 0 fully saturated rings. The fraction of sp³-hybridized carbons (Fsp3) is 0.357. The SMILES string of the molecule is CC(C)c1nnc(NC(=O)NCCc2nc(-c3ccco3)n[nH]2)s1. The van der Waals surface area contributed by atoms with E-state index in [9.17, 15) is 4.79 Å². The van der Waals surface area contributed by atoms with Crippen LogP contribution in [-0.2, 0) is 6.42 Å². The zero-order valence-corrected chi connectivity index (χ0v) is 14.1. The second kappa shape index (κ2) is 7.21. The minimum atomic E-state index is -0.327. The van der Waals surface area contributed by atoms with Crippen LogP contribution in [0, 0.1) is 0 Å². The van der Waals surface area contributed by atoms with Crippen molar-refractivity contribution in [1.29, 1.82) is 0 Å². The van der Waals surface area contributed by atoms with E-state index in [1.807, 2.05) is 13.8 Å². The number of aromatic amines is 1. The third-order valence-electron chi connectivity index (χ3n) is 3.08. The number of carbonyl (C=O) groups is 1. The Bertz CT molecular complexity index is 794. The molecule has 2 amide bonds. The third kappa shape index (κ3) is 3.96. The summed E-state index contributed by atoms with van der Waals surface area (Å²) in [7, 11) is 0. The Hall–Kier alpha value is -2.75. The fourth-order valence-corrected chi connectivity index (χ4v) is 2.62. The van der Waals surface area contributed by atoms with E-state index in [4.69, 9.17) is 4.42 Å². The molecule has 24 heavy (non-hydrogen) atoms. The Balaban J connectivity index is 1.45. The normalized spacial score (nSPS) is 11.0. The van der Waals surface area contributed by atoms with Crippen LogP contribution in [0.25, 0.3) is 11.6 Å².